The minimum absolute atomic E-state index is 1.20. The Morgan fingerprint density at radius 2 is 0.239 bits per heavy atom. The van der Waals surface area contributed by atoms with E-state index in [4.69, 9.17) is 0 Å². The van der Waals surface area contributed by atoms with Gasteiger partial charge in [0.1, 0.15) is 0 Å². The highest BCUT2D eigenvalue weighted by atomic mass is 14.3. The lowest BCUT2D eigenvalue weighted by Gasteiger charge is -2.28. The number of rotatable bonds is 10. The van der Waals surface area contributed by atoms with E-state index in [0.29, 0.717) is 0 Å². The maximum absolute atomic E-state index is 2.39. The zero-order valence-corrected chi connectivity index (χ0v) is 48.8. The monoisotopic (exact) mass is 1120 g/mol. The van der Waals surface area contributed by atoms with Gasteiger partial charge in [-0.15, -0.1) is 0 Å². The topological polar surface area (TPSA) is 0 Å². The summed E-state index contributed by atoms with van der Waals surface area (Å²) in [5, 5.41) is 7.85. The van der Waals surface area contributed by atoms with Gasteiger partial charge in [-0.1, -0.05) is 364 Å². The third-order valence-corrected chi connectivity index (χ3v) is 16.8. The van der Waals surface area contributed by atoms with Crippen LogP contribution < -0.4 is 0 Å². The molecule has 0 heterocycles. The van der Waals surface area contributed by atoms with Gasteiger partial charge >= 0.3 is 0 Å². The van der Waals surface area contributed by atoms with Gasteiger partial charge in [-0.2, -0.15) is 0 Å². The van der Waals surface area contributed by atoms with E-state index < -0.39 is 0 Å². The van der Waals surface area contributed by atoms with Crippen LogP contribution in [0.25, 0.3) is 144 Å². The molecule has 0 heteroatoms. The summed E-state index contributed by atoms with van der Waals surface area (Å²) >= 11 is 0. The van der Waals surface area contributed by atoms with Gasteiger partial charge in [0.25, 0.3) is 0 Å². The molecule has 0 fully saturated rings. The normalized spacial score (nSPS) is 11.0. The smallest absolute Gasteiger partial charge is 0.00139 e. The van der Waals surface area contributed by atoms with Gasteiger partial charge < -0.3 is 0 Å². The fourth-order valence-electron chi connectivity index (χ4n) is 12.9. The van der Waals surface area contributed by atoms with Crippen LogP contribution in [0.2, 0.25) is 0 Å². The van der Waals surface area contributed by atoms with E-state index in [1.807, 2.05) is 36.4 Å². The summed E-state index contributed by atoms with van der Waals surface area (Å²) in [6.45, 7) is 0. The number of benzene rings is 16. The molecule has 0 amide bonds. The van der Waals surface area contributed by atoms with Crippen molar-refractivity contribution in [3.05, 3.63) is 376 Å². The van der Waals surface area contributed by atoms with Gasteiger partial charge in [0.2, 0.25) is 0 Å². The van der Waals surface area contributed by atoms with Crippen molar-refractivity contribution in [2.75, 3.05) is 0 Å². The van der Waals surface area contributed by atoms with Crippen molar-refractivity contribution in [3.8, 4) is 111 Å². The summed E-state index contributed by atoms with van der Waals surface area (Å²) in [7, 11) is 0. The van der Waals surface area contributed by atoms with E-state index in [2.05, 4.69) is 340 Å². The lowest BCUT2D eigenvalue weighted by Crippen LogP contribution is -2.02. The van der Waals surface area contributed by atoms with Crippen molar-refractivity contribution >= 4 is 32.3 Å². The third-order valence-electron chi connectivity index (χ3n) is 16.8. The third kappa shape index (κ3) is 10.9. The van der Waals surface area contributed by atoms with Crippen LogP contribution in [0.5, 0.6) is 0 Å². The van der Waals surface area contributed by atoms with Gasteiger partial charge in [0, 0.05) is 0 Å². The summed E-state index contributed by atoms with van der Waals surface area (Å²) < 4.78 is 0. The van der Waals surface area contributed by atoms with E-state index in [0.717, 1.165) is 0 Å². The van der Waals surface area contributed by atoms with Crippen LogP contribution in [-0.4, -0.2) is 0 Å². The molecule has 0 aromatic heterocycles. The van der Waals surface area contributed by atoms with Crippen molar-refractivity contribution in [2.45, 2.75) is 0 Å². The molecule has 88 heavy (non-hydrogen) atoms. The van der Waals surface area contributed by atoms with Crippen LogP contribution in [0.15, 0.2) is 376 Å². The van der Waals surface area contributed by atoms with Gasteiger partial charge in [-0.05, 0) is 156 Å². The largest absolute Gasteiger partial charge is 0.0623 e. The summed E-state index contributed by atoms with van der Waals surface area (Å²) in [6.07, 6.45) is 0. The maximum Gasteiger partial charge on any atom is -0.00139 e. The minimum atomic E-state index is 1.20. The van der Waals surface area contributed by atoms with Crippen molar-refractivity contribution in [1.29, 1.82) is 0 Å². The van der Waals surface area contributed by atoms with Crippen LogP contribution in [0.1, 0.15) is 0 Å². The highest BCUT2D eigenvalue weighted by molar-refractivity contribution is 6.32. The summed E-state index contributed by atoms with van der Waals surface area (Å²) in [6, 6.07) is 135. The Bertz CT molecular complexity index is 4180. The van der Waals surface area contributed by atoms with E-state index in [-0.39, 0.29) is 0 Å². The molecule has 0 nitrogen and oxygen atoms in total. The van der Waals surface area contributed by atoms with E-state index in [9.17, 15) is 0 Å². The Kier molecular flexibility index (Phi) is 15.7. The standard InChI is InChI=1S/C42H30.C40H26.C6H6/c1-7-19-31(20-8-1)37-38(32-21-9-2-10-22-32)40(34-25-13-4-14-26-34)42(36-29-17-6-18-30-36)41(35-27-15-5-16-28-35)39(37)33-23-11-3-12-24-33;1-5-13-27(14-6-1)35-25-36(28-15-7-2-8-16-28)32-23-24-34-38(30-19-11-4-12-20-30)26-37(29-17-9-3-10-18-29)33-22-21-31(35)39(32)40(33)34;1-2-4-6-5-3-1/h1-30H;1-26H;1-6H. The first-order chi connectivity index (χ1) is 43.8. The minimum Gasteiger partial charge on any atom is -0.0623 e. The Morgan fingerprint density at radius 1 is 0.114 bits per heavy atom. The first kappa shape index (κ1) is 54.5. The van der Waals surface area contributed by atoms with Crippen LogP contribution in [0.4, 0.5) is 0 Å². The first-order valence-corrected chi connectivity index (χ1v) is 30.3. The molecular formula is C88H62. The van der Waals surface area contributed by atoms with E-state index >= 15 is 0 Å². The van der Waals surface area contributed by atoms with E-state index in [1.54, 1.807) is 0 Å². The average Bonchev–Trinajstić information content (AvgIpc) is 0.903. The highest BCUT2D eigenvalue weighted by Crippen LogP contribution is 2.56. The molecular weight excluding hydrogens is 1060 g/mol. The fourth-order valence-corrected chi connectivity index (χ4v) is 12.9. The second-order valence-electron chi connectivity index (χ2n) is 22.1. The van der Waals surface area contributed by atoms with Gasteiger partial charge in [-0.3, -0.25) is 0 Å². The van der Waals surface area contributed by atoms with Crippen molar-refractivity contribution in [1.82, 2.24) is 0 Å². The molecule has 0 saturated heterocycles. The van der Waals surface area contributed by atoms with Crippen molar-refractivity contribution < 1.29 is 0 Å². The zero-order chi connectivity index (χ0) is 58.9. The molecule has 16 aromatic carbocycles. The molecule has 0 spiro atoms. The Morgan fingerprint density at radius 3 is 0.386 bits per heavy atom. The second kappa shape index (κ2) is 25.4. The summed E-state index contributed by atoms with van der Waals surface area (Å²) in [5.74, 6) is 0. The van der Waals surface area contributed by atoms with Crippen molar-refractivity contribution in [2.24, 2.45) is 0 Å². The molecule has 0 aliphatic heterocycles. The lowest BCUT2D eigenvalue weighted by molar-refractivity contribution is 1.51. The Balaban J connectivity index is 0.000000141. The molecule has 0 atom stereocenters. The number of hydrogen-bond donors (Lipinski definition) is 0. The van der Waals surface area contributed by atoms with Gasteiger partial charge in [0.15, 0.2) is 0 Å². The second-order valence-corrected chi connectivity index (χ2v) is 22.1. The molecule has 0 saturated carbocycles. The van der Waals surface area contributed by atoms with Crippen LogP contribution in [0.3, 0.4) is 0 Å². The molecule has 0 radical (unpaired) electrons. The van der Waals surface area contributed by atoms with Crippen LogP contribution in [-0.2, 0) is 0 Å². The Labute approximate surface area is 516 Å². The van der Waals surface area contributed by atoms with Crippen LogP contribution in [0, 0.1) is 0 Å². The zero-order valence-electron chi connectivity index (χ0n) is 48.8. The Hall–Kier alpha value is -11.4. The SMILES string of the molecule is c1ccc(-c2c(-c3ccccc3)c(-c3ccccc3)c(-c3ccccc3)c(-c3ccccc3)c2-c2ccccc2)cc1.c1ccc(-c2cc(-c3ccccc3)c3ccc4c(-c5ccccc5)cc(-c5ccccc5)c5ccc2c3c54)cc1.c1ccccc1. The average molecular weight is 1120 g/mol. The quantitative estimate of drug-likeness (QED) is 0.120. The molecule has 16 aromatic rings. The molecule has 0 aliphatic carbocycles. The fraction of sp³-hybridized carbons (Fsp3) is 0. The predicted molar refractivity (Wildman–Crippen MR) is 377 cm³/mol. The molecule has 0 aliphatic rings. The molecule has 414 valence electrons. The highest BCUT2D eigenvalue weighted by Gasteiger charge is 2.29. The lowest BCUT2D eigenvalue weighted by atomic mass is 9.74. The molecule has 0 N–H and O–H groups in total. The first-order valence-electron chi connectivity index (χ1n) is 30.3. The van der Waals surface area contributed by atoms with E-state index in [1.165, 1.54) is 144 Å². The van der Waals surface area contributed by atoms with Crippen LogP contribution >= 0.6 is 0 Å². The number of hydrogen-bond acceptors (Lipinski definition) is 0. The predicted octanol–water partition coefficient (Wildman–Crippen LogP) is 24.6. The summed E-state index contributed by atoms with van der Waals surface area (Å²) in [4.78, 5) is 0. The summed E-state index contributed by atoms with van der Waals surface area (Å²) in [5.41, 5.74) is 24.7. The van der Waals surface area contributed by atoms with Crippen molar-refractivity contribution in [3.63, 3.8) is 0 Å². The van der Waals surface area contributed by atoms with Gasteiger partial charge in [0.05, 0.1) is 0 Å². The molecule has 0 unspecified atom stereocenters. The van der Waals surface area contributed by atoms with Gasteiger partial charge in [-0.25, -0.2) is 0 Å². The maximum atomic E-state index is 2.39. The molecule has 0 bridgehead atoms. The molecule has 16 rings (SSSR count).